The quantitative estimate of drug-likeness (QED) is 0.837. The van der Waals surface area contributed by atoms with Gasteiger partial charge in [-0.25, -0.2) is 0 Å². The second-order valence-electron chi connectivity index (χ2n) is 6.24. The minimum Gasteiger partial charge on any atom is -0.391 e. The van der Waals surface area contributed by atoms with Crippen molar-refractivity contribution in [3.8, 4) is 0 Å². The first-order chi connectivity index (χ1) is 9.94. The molecule has 0 spiro atoms. The van der Waals surface area contributed by atoms with Crippen LogP contribution >= 0.6 is 12.2 Å². The van der Waals surface area contributed by atoms with Gasteiger partial charge in [0.2, 0.25) is 0 Å². The molecule has 3 nitrogen and oxygen atoms in total. The number of hydrogen-bond acceptors (Lipinski definition) is 2. The molecule has 1 aromatic carbocycles. The molecule has 1 aromatic rings. The zero-order valence-electron chi connectivity index (χ0n) is 12.8. The molecule has 0 unspecified atom stereocenters. The van der Waals surface area contributed by atoms with Gasteiger partial charge in [-0.15, -0.1) is 0 Å². The first kappa shape index (κ1) is 16.0. The van der Waals surface area contributed by atoms with Crippen molar-refractivity contribution in [2.24, 2.45) is 5.73 Å². The zero-order valence-corrected chi connectivity index (χ0v) is 13.6. The molecule has 0 bridgehead atoms. The lowest BCUT2D eigenvalue weighted by Gasteiger charge is -2.37. The lowest BCUT2D eigenvalue weighted by molar-refractivity contribution is 0.0908. The van der Waals surface area contributed by atoms with Crippen LogP contribution in [0.4, 0.5) is 0 Å². The molecule has 21 heavy (non-hydrogen) atoms. The van der Waals surface area contributed by atoms with Crippen molar-refractivity contribution < 1.29 is 4.79 Å². The number of thiocarbonyl (C=S) groups is 1. The molecule has 1 aliphatic rings. The normalized spacial score (nSPS) is 17.5. The number of nitrogens with one attached hydrogen (secondary N) is 1. The fourth-order valence-corrected chi connectivity index (χ4v) is 3.15. The molecule has 0 saturated heterocycles. The number of carbonyl (C=O) groups is 1. The molecule has 0 atom stereocenters. The highest BCUT2D eigenvalue weighted by Crippen LogP contribution is 2.29. The molecule has 4 heteroatoms. The Bertz CT molecular complexity index is 516. The molecular formula is C17H24N2OS. The van der Waals surface area contributed by atoms with E-state index in [-0.39, 0.29) is 5.91 Å². The molecule has 114 valence electrons. The van der Waals surface area contributed by atoms with Gasteiger partial charge >= 0.3 is 0 Å². The standard InChI is InChI=1S/C17H24N2OS/c1-12(2)13-6-8-14(9-7-13)15(20)19-17(16(18)21)10-4-3-5-11-17/h6-9,12H,3-5,10-11H2,1-2H3,(H2,18,21)(H,19,20). The molecular weight excluding hydrogens is 280 g/mol. The topological polar surface area (TPSA) is 55.1 Å². The number of hydrogen-bond donors (Lipinski definition) is 2. The smallest absolute Gasteiger partial charge is 0.252 e. The van der Waals surface area contributed by atoms with Crippen molar-refractivity contribution in [2.75, 3.05) is 0 Å². The summed E-state index contributed by atoms with van der Waals surface area (Å²) >= 11 is 5.21. The van der Waals surface area contributed by atoms with Crippen molar-refractivity contribution in [3.63, 3.8) is 0 Å². The summed E-state index contributed by atoms with van der Waals surface area (Å²) in [6, 6.07) is 7.77. The van der Waals surface area contributed by atoms with E-state index in [4.69, 9.17) is 18.0 Å². The van der Waals surface area contributed by atoms with E-state index in [0.717, 1.165) is 25.7 Å². The van der Waals surface area contributed by atoms with Crippen molar-refractivity contribution in [2.45, 2.75) is 57.4 Å². The zero-order chi connectivity index (χ0) is 15.5. The maximum Gasteiger partial charge on any atom is 0.252 e. The van der Waals surface area contributed by atoms with Gasteiger partial charge in [-0.3, -0.25) is 4.79 Å². The predicted octanol–water partition coefficient (Wildman–Crippen LogP) is 3.53. The summed E-state index contributed by atoms with van der Waals surface area (Å²) in [5.41, 5.74) is 7.31. The third kappa shape index (κ3) is 3.62. The monoisotopic (exact) mass is 304 g/mol. The Morgan fingerprint density at radius 3 is 2.24 bits per heavy atom. The number of amides is 1. The van der Waals surface area contributed by atoms with E-state index >= 15 is 0 Å². The number of nitrogens with two attached hydrogens (primary N) is 1. The summed E-state index contributed by atoms with van der Waals surface area (Å²) in [6.45, 7) is 4.28. The van der Waals surface area contributed by atoms with Gasteiger partial charge in [0, 0.05) is 5.56 Å². The molecule has 0 aromatic heterocycles. The molecule has 0 heterocycles. The maximum atomic E-state index is 12.5. The number of carbonyl (C=O) groups excluding carboxylic acids is 1. The maximum absolute atomic E-state index is 12.5. The average molecular weight is 304 g/mol. The van der Waals surface area contributed by atoms with E-state index in [1.54, 1.807) is 0 Å². The highest BCUT2D eigenvalue weighted by Gasteiger charge is 2.36. The lowest BCUT2D eigenvalue weighted by Crippen LogP contribution is -2.57. The van der Waals surface area contributed by atoms with E-state index in [1.807, 2.05) is 24.3 Å². The Morgan fingerprint density at radius 1 is 1.19 bits per heavy atom. The predicted molar refractivity (Wildman–Crippen MR) is 90.6 cm³/mol. The van der Waals surface area contributed by atoms with E-state index in [9.17, 15) is 4.79 Å². The number of rotatable bonds is 4. The Kier molecular flexibility index (Phi) is 4.99. The fraction of sp³-hybridized carbons (Fsp3) is 0.529. The lowest BCUT2D eigenvalue weighted by atomic mass is 9.81. The van der Waals surface area contributed by atoms with Crippen molar-refractivity contribution in [1.82, 2.24) is 5.32 Å². The summed E-state index contributed by atoms with van der Waals surface area (Å²) in [4.78, 5) is 12.9. The van der Waals surface area contributed by atoms with Crippen LogP contribution in [-0.2, 0) is 0 Å². The highest BCUT2D eigenvalue weighted by molar-refractivity contribution is 7.80. The second-order valence-corrected chi connectivity index (χ2v) is 6.68. The van der Waals surface area contributed by atoms with Gasteiger partial charge in [0.25, 0.3) is 5.91 Å². The van der Waals surface area contributed by atoms with Crippen molar-refractivity contribution in [3.05, 3.63) is 35.4 Å². The van der Waals surface area contributed by atoms with Crippen LogP contribution in [0, 0.1) is 0 Å². The van der Waals surface area contributed by atoms with Crippen LogP contribution in [0.3, 0.4) is 0 Å². The van der Waals surface area contributed by atoms with Gasteiger partial charge in [0.05, 0.1) is 10.5 Å². The van der Waals surface area contributed by atoms with Crippen molar-refractivity contribution in [1.29, 1.82) is 0 Å². The Balaban J connectivity index is 2.13. The van der Waals surface area contributed by atoms with E-state index in [0.29, 0.717) is 16.5 Å². The second kappa shape index (κ2) is 6.56. The van der Waals surface area contributed by atoms with Crippen LogP contribution < -0.4 is 11.1 Å². The van der Waals surface area contributed by atoms with Crippen LogP contribution in [0.15, 0.2) is 24.3 Å². The van der Waals surface area contributed by atoms with E-state index in [2.05, 4.69) is 19.2 Å². The highest BCUT2D eigenvalue weighted by atomic mass is 32.1. The summed E-state index contributed by atoms with van der Waals surface area (Å²) < 4.78 is 0. The Hall–Kier alpha value is -1.42. The van der Waals surface area contributed by atoms with Gasteiger partial charge < -0.3 is 11.1 Å². The average Bonchev–Trinajstić information content (AvgIpc) is 2.48. The third-order valence-electron chi connectivity index (χ3n) is 4.37. The molecule has 1 fully saturated rings. The summed E-state index contributed by atoms with van der Waals surface area (Å²) in [5, 5.41) is 3.09. The van der Waals surface area contributed by atoms with Crippen LogP contribution in [-0.4, -0.2) is 16.4 Å². The third-order valence-corrected chi connectivity index (χ3v) is 4.76. The van der Waals surface area contributed by atoms with E-state index < -0.39 is 5.54 Å². The summed E-state index contributed by atoms with van der Waals surface area (Å²) in [6.07, 6.45) is 4.99. The minimum atomic E-state index is -0.499. The van der Waals surface area contributed by atoms with Crippen molar-refractivity contribution >= 4 is 23.1 Å². The van der Waals surface area contributed by atoms with Gasteiger partial charge in [0.15, 0.2) is 0 Å². The van der Waals surface area contributed by atoms with Crippen LogP contribution in [0.25, 0.3) is 0 Å². The first-order valence-corrected chi connectivity index (χ1v) is 8.08. The molecule has 1 amide bonds. The molecule has 0 aliphatic heterocycles. The van der Waals surface area contributed by atoms with E-state index in [1.165, 1.54) is 12.0 Å². The fourth-order valence-electron chi connectivity index (χ4n) is 2.90. The van der Waals surface area contributed by atoms with Gasteiger partial charge in [-0.2, -0.15) is 0 Å². The largest absolute Gasteiger partial charge is 0.391 e. The van der Waals surface area contributed by atoms with Crippen LogP contribution in [0.2, 0.25) is 0 Å². The minimum absolute atomic E-state index is 0.0833. The molecule has 2 rings (SSSR count). The van der Waals surface area contributed by atoms with Gasteiger partial charge in [0.1, 0.15) is 0 Å². The van der Waals surface area contributed by atoms with Gasteiger partial charge in [-0.05, 0) is 36.5 Å². The molecule has 0 radical (unpaired) electrons. The number of benzene rings is 1. The first-order valence-electron chi connectivity index (χ1n) is 7.67. The van der Waals surface area contributed by atoms with Crippen LogP contribution in [0.1, 0.15) is 67.8 Å². The SMILES string of the molecule is CC(C)c1ccc(C(=O)NC2(C(N)=S)CCCCC2)cc1. The molecule has 1 aliphatic carbocycles. The molecule has 1 saturated carbocycles. The van der Waals surface area contributed by atoms with Gasteiger partial charge in [-0.1, -0.05) is 57.5 Å². The summed E-state index contributed by atoms with van der Waals surface area (Å²) in [7, 11) is 0. The summed E-state index contributed by atoms with van der Waals surface area (Å²) in [5.74, 6) is 0.378. The Morgan fingerprint density at radius 2 is 1.76 bits per heavy atom. The van der Waals surface area contributed by atoms with Crippen LogP contribution in [0.5, 0.6) is 0 Å². The molecule has 3 N–H and O–H groups in total. The Labute approximate surface area is 132 Å².